The number of hydrogen-bond acceptors (Lipinski definition) is 4. The molecule has 1 saturated heterocycles. The largest absolute Gasteiger partial charge is 0.283 e. The molecule has 25 heavy (non-hydrogen) atoms. The van der Waals surface area contributed by atoms with Gasteiger partial charge in [0, 0.05) is 10.9 Å². The van der Waals surface area contributed by atoms with Crippen molar-refractivity contribution in [3.63, 3.8) is 0 Å². The number of nitrogens with zero attached hydrogens (tertiary/aromatic N) is 2. The highest BCUT2D eigenvalue weighted by atomic mass is 32.2. The van der Waals surface area contributed by atoms with Crippen LogP contribution in [0.2, 0.25) is 0 Å². The van der Waals surface area contributed by atoms with E-state index in [1.165, 1.54) is 31.0 Å². The third-order valence-electron chi connectivity index (χ3n) is 4.57. The molecular weight excluding hydrogens is 348 g/mol. The van der Waals surface area contributed by atoms with E-state index in [-0.39, 0.29) is 11.9 Å². The van der Waals surface area contributed by atoms with Gasteiger partial charge in [-0.15, -0.1) is 11.3 Å². The molecular formula is C20H20N2OS2. The van der Waals surface area contributed by atoms with Gasteiger partial charge in [0.05, 0.1) is 10.6 Å². The molecule has 1 amide bonds. The van der Waals surface area contributed by atoms with E-state index in [2.05, 4.69) is 0 Å². The van der Waals surface area contributed by atoms with Crippen molar-refractivity contribution in [2.45, 2.75) is 38.1 Å². The second-order valence-corrected chi connectivity index (χ2v) is 8.31. The summed E-state index contributed by atoms with van der Waals surface area (Å²) in [5.74, 6) is 0.111. The molecule has 3 nitrogen and oxygen atoms in total. The Morgan fingerprint density at radius 1 is 1.04 bits per heavy atom. The van der Waals surface area contributed by atoms with Gasteiger partial charge in [0.25, 0.3) is 5.91 Å². The first-order valence-corrected chi connectivity index (χ1v) is 10.4. The number of benzene rings is 1. The molecule has 1 saturated carbocycles. The topological polar surface area (TPSA) is 32.7 Å². The molecule has 4 rings (SSSR count). The number of para-hydroxylation sites is 1. The van der Waals surface area contributed by atoms with Crippen molar-refractivity contribution >= 4 is 45.9 Å². The molecule has 0 atom stereocenters. The summed E-state index contributed by atoms with van der Waals surface area (Å²) < 4.78 is 0. The standard InChI is InChI=1S/C20H20N2OS2/c23-19-18(14-17-12-7-13-24-17)25-20(21-15-8-3-1-4-9-15)22(19)16-10-5-2-6-11-16/h1,3-4,7-9,12-14,16H,2,5-6,10-11H2/b18-14-,21-20?. The van der Waals surface area contributed by atoms with Crippen LogP contribution in [0.4, 0.5) is 5.69 Å². The second kappa shape index (κ2) is 7.58. The Kier molecular flexibility index (Phi) is 5.04. The average Bonchev–Trinajstić information content (AvgIpc) is 3.26. The molecule has 128 valence electrons. The van der Waals surface area contributed by atoms with E-state index in [9.17, 15) is 4.79 Å². The fourth-order valence-electron chi connectivity index (χ4n) is 3.34. The summed E-state index contributed by atoms with van der Waals surface area (Å²) in [6.07, 6.45) is 7.82. The number of thioether (sulfide) groups is 1. The van der Waals surface area contributed by atoms with Crippen LogP contribution in [0, 0.1) is 0 Å². The van der Waals surface area contributed by atoms with E-state index in [1.807, 2.05) is 58.8 Å². The van der Waals surface area contributed by atoms with Crippen molar-refractivity contribution < 1.29 is 4.79 Å². The lowest BCUT2D eigenvalue weighted by Gasteiger charge is -2.30. The van der Waals surface area contributed by atoms with Crippen molar-refractivity contribution in [1.29, 1.82) is 0 Å². The molecule has 1 aliphatic carbocycles. The maximum Gasteiger partial charge on any atom is 0.267 e. The van der Waals surface area contributed by atoms with Crippen LogP contribution in [-0.4, -0.2) is 22.0 Å². The van der Waals surface area contributed by atoms with Crippen LogP contribution in [0.25, 0.3) is 6.08 Å². The van der Waals surface area contributed by atoms with Crippen LogP contribution >= 0.6 is 23.1 Å². The number of amides is 1. The molecule has 2 heterocycles. The number of hydrogen-bond donors (Lipinski definition) is 0. The van der Waals surface area contributed by atoms with Gasteiger partial charge in [0.15, 0.2) is 5.17 Å². The van der Waals surface area contributed by atoms with Crippen LogP contribution < -0.4 is 0 Å². The summed E-state index contributed by atoms with van der Waals surface area (Å²) in [6, 6.07) is 14.3. The van der Waals surface area contributed by atoms with Gasteiger partial charge >= 0.3 is 0 Å². The first-order chi connectivity index (χ1) is 12.3. The lowest BCUT2D eigenvalue weighted by Crippen LogP contribution is -2.40. The quantitative estimate of drug-likeness (QED) is 0.653. The van der Waals surface area contributed by atoms with Crippen molar-refractivity contribution in [2.75, 3.05) is 0 Å². The van der Waals surface area contributed by atoms with Gasteiger partial charge in [-0.2, -0.15) is 0 Å². The van der Waals surface area contributed by atoms with Crippen molar-refractivity contribution in [2.24, 2.45) is 4.99 Å². The summed E-state index contributed by atoms with van der Waals surface area (Å²) in [5.41, 5.74) is 0.899. The predicted molar refractivity (Wildman–Crippen MR) is 107 cm³/mol. The Bertz CT molecular complexity index is 790. The molecule has 1 aromatic carbocycles. The number of aliphatic imine (C=N–C) groups is 1. The zero-order chi connectivity index (χ0) is 17.1. The minimum Gasteiger partial charge on any atom is -0.283 e. The smallest absolute Gasteiger partial charge is 0.267 e. The Labute approximate surface area is 156 Å². The van der Waals surface area contributed by atoms with E-state index in [0.717, 1.165) is 33.5 Å². The average molecular weight is 369 g/mol. The van der Waals surface area contributed by atoms with Gasteiger partial charge < -0.3 is 0 Å². The zero-order valence-corrected chi connectivity index (χ0v) is 15.6. The van der Waals surface area contributed by atoms with Crippen molar-refractivity contribution in [3.8, 4) is 0 Å². The number of rotatable bonds is 3. The molecule has 1 aliphatic heterocycles. The second-order valence-electron chi connectivity index (χ2n) is 6.32. The summed E-state index contributed by atoms with van der Waals surface area (Å²) >= 11 is 3.16. The maximum atomic E-state index is 13.1. The maximum absolute atomic E-state index is 13.1. The highest BCUT2D eigenvalue weighted by Gasteiger charge is 2.38. The number of carbonyl (C=O) groups is 1. The summed E-state index contributed by atoms with van der Waals surface area (Å²) in [4.78, 5) is 21.7. The van der Waals surface area contributed by atoms with E-state index < -0.39 is 0 Å². The number of carbonyl (C=O) groups excluding carboxylic acids is 1. The molecule has 0 radical (unpaired) electrons. The van der Waals surface area contributed by atoms with Gasteiger partial charge in [0.1, 0.15) is 0 Å². The molecule has 0 spiro atoms. The lowest BCUT2D eigenvalue weighted by atomic mass is 9.94. The third kappa shape index (κ3) is 3.72. The fourth-order valence-corrected chi connectivity index (χ4v) is 5.12. The highest BCUT2D eigenvalue weighted by Crippen LogP contribution is 2.38. The van der Waals surface area contributed by atoms with Crippen LogP contribution in [-0.2, 0) is 4.79 Å². The van der Waals surface area contributed by atoms with Crippen molar-refractivity contribution in [1.82, 2.24) is 4.90 Å². The number of thiophene rings is 1. The monoisotopic (exact) mass is 368 g/mol. The normalized spacial score (nSPS) is 22.2. The van der Waals surface area contributed by atoms with Crippen LogP contribution in [0.3, 0.4) is 0 Å². The first-order valence-electron chi connectivity index (χ1n) is 8.71. The van der Waals surface area contributed by atoms with E-state index in [4.69, 9.17) is 4.99 Å². The van der Waals surface area contributed by atoms with Gasteiger partial charge in [-0.25, -0.2) is 4.99 Å². The van der Waals surface area contributed by atoms with Gasteiger partial charge in [-0.3, -0.25) is 9.69 Å². The van der Waals surface area contributed by atoms with Crippen molar-refractivity contribution in [3.05, 3.63) is 57.6 Å². The summed E-state index contributed by atoms with van der Waals surface area (Å²) in [7, 11) is 0. The predicted octanol–water partition coefficient (Wildman–Crippen LogP) is 5.68. The molecule has 0 N–H and O–H groups in total. The number of amidine groups is 1. The van der Waals surface area contributed by atoms with Crippen LogP contribution in [0.15, 0.2) is 57.7 Å². The van der Waals surface area contributed by atoms with E-state index in [1.54, 1.807) is 11.3 Å². The van der Waals surface area contributed by atoms with E-state index >= 15 is 0 Å². The first kappa shape index (κ1) is 16.6. The molecule has 5 heteroatoms. The van der Waals surface area contributed by atoms with Crippen LogP contribution in [0.1, 0.15) is 37.0 Å². The molecule has 0 unspecified atom stereocenters. The lowest BCUT2D eigenvalue weighted by molar-refractivity contribution is -0.124. The highest BCUT2D eigenvalue weighted by molar-refractivity contribution is 8.18. The summed E-state index contributed by atoms with van der Waals surface area (Å²) in [5, 5.41) is 2.86. The molecule has 2 aromatic rings. The minimum atomic E-state index is 0.111. The Morgan fingerprint density at radius 3 is 2.56 bits per heavy atom. The summed E-state index contributed by atoms with van der Waals surface area (Å²) in [6.45, 7) is 0. The van der Waals surface area contributed by atoms with E-state index in [0.29, 0.717) is 0 Å². The molecule has 2 aliphatic rings. The SMILES string of the molecule is O=C1/C(=C/c2cccs2)SC(=Nc2ccccc2)N1C1CCCCC1. The Balaban J connectivity index is 1.69. The Morgan fingerprint density at radius 2 is 1.84 bits per heavy atom. The fraction of sp³-hybridized carbons (Fsp3) is 0.300. The van der Waals surface area contributed by atoms with Gasteiger partial charge in [0.2, 0.25) is 0 Å². The molecule has 2 fully saturated rings. The van der Waals surface area contributed by atoms with Gasteiger partial charge in [-0.1, -0.05) is 43.5 Å². The van der Waals surface area contributed by atoms with Crippen LogP contribution in [0.5, 0.6) is 0 Å². The van der Waals surface area contributed by atoms with Gasteiger partial charge in [-0.05, 0) is 54.3 Å². The third-order valence-corrected chi connectivity index (χ3v) is 6.38. The Hall–Kier alpha value is -1.85. The minimum absolute atomic E-state index is 0.111. The molecule has 1 aromatic heterocycles. The molecule has 0 bridgehead atoms. The zero-order valence-electron chi connectivity index (χ0n) is 13.9.